The number of rotatable bonds is 2. The molecule has 2 unspecified atom stereocenters. The molecule has 1 aliphatic heterocycles. The number of hydrogen-bond donors (Lipinski definition) is 2. The highest BCUT2D eigenvalue weighted by molar-refractivity contribution is 4.82. The minimum atomic E-state index is 0.704. The molecule has 1 aliphatic rings. The van der Waals surface area contributed by atoms with E-state index in [4.69, 9.17) is 5.73 Å². The summed E-state index contributed by atoms with van der Waals surface area (Å²) in [5.41, 5.74) is 5.56. The molecule has 0 amide bonds. The minimum Gasteiger partial charge on any atom is -0.330 e. The molecule has 1 fully saturated rings. The molecule has 0 radical (unpaired) electrons. The highest BCUT2D eigenvalue weighted by atomic mass is 15.0. The topological polar surface area (TPSA) is 38.0 Å². The van der Waals surface area contributed by atoms with Crippen LogP contribution in [0.3, 0.4) is 0 Å². The van der Waals surface area contributed by atoms with Gasteiger partial charge in [0.05, 0.1) is 0 Å². The van der Waals surface area contributed by atoms with E-state index in [0.717, 1.165) is 12.5 Å². The molecule has 0 saturated carbocycles. The molecule has 68 valence electrons. The van der Waals surface area contributed by atoms with Crippen LogP contribution in [-0.4, -0.2) is 19.1 Å². The highest BCUT2D eigenvalue weighted by Crippen LogP contribution is 2.15. The predicted molar refractivity (Wildman–Crippen MR) is 50.6 cm³/mol. The van der Waals surface area contributed by atoms with Crippen LogP contribution in [-0.2, 0) is 0 Å². The molecule has 1 heterocycles. The van der Waals surface area contributed by atoms with Crippen molar-refractivity contribution in [3.05, 3.63) is 0 Å². The monoisotopic (exact) mass is 158 g/mol. The predicted octanol–water partition coefficient (Wildman–Crippen LogP) is 1.36. The Morgan fingerprint density at radius 3 is 2.45 bits per heavy atom. The van der Waals surface area contributed by atoms with E-state index in [2.05, 4.69) is 12.2 Å². The number of nitrogens with one attached hydrogen (secondary N) is 1. The van der Waals surface area contributed by atoms with Gasteiger partial charge < -0.3 is 11.1 Å². The van der Waals surface area contributed by atoms with Gasteiger partial charge in [0.25, 0.3) is 0 Å². The Hall–Kier alpha value is -0.0800. The lowest BCUT2D eigenvalue weighted by Crippen LogP contribution is -2.30. The average Bonchev–Trinajstić information content (AvgIpc) is 2.54. The van der Waals surface area contributed by atoms with Crippen LogP contribution in [0, 0.1) is 5.92 Å². The maximum Gasteiger partial charge on any atom is 0.0105 e. The summed E-state index contributed by atoms with van der Waals surface area (Å²) in [6.07, 6.45) is 2.50. The van der Waals surface area contributed by atoms with Crippen LogP contribution in [0.15, 0.2) is 0 Å². The summed E-state index contributed by atoms with van der Waals surface area (Å²) >= 11 is 0. The highest BCUT2D eigenvalue weighted by Gasteiger charge is 2.22. The van der Waals surface area contributed by atoms with E-state index in [-0.39, 0.29) is 0 Å². The molecular formula is C9H22N2. The van der Waals surface area contributed by atoms with Gasteiger partial charge in [0, 0.05) is 6.04 Å². The molecule has 3 N–H and O–H groups in total. The van der Waals surface area contributed by atoms with E-state index in [1.807, 2.05) is 13.8 Å². The molecule has 0 aliphatic carbocycles. The van der Waals surface area contributed by atoms with Gasteiger partial charge >= 0.3 is 0 Å². The molecule has 0 bridgehead atoms. The van der Waals surface area contributed by atoms with E-state index < -0.39 is 0 Å². The zero-order valence-corrected chi connectivity index (χ0v) is 8.06. The second-order valence-electron chi connectivity index (χ2n) is 2.75. The lowest BCUT2D eigenvalue weighted by atomic mass is 9.99. The van der Waals surface area contributed by atoms with Crippen molar-refractivity contribution < 1.29 is 0 Å². The maximum absolute atomic E-state index is 5.56. The first-order valence-corrected chi connectivity index (χ1v) is 4.82. The van der Waals surface area contributed by atoms with E-state index in [9.17, 15) is 0 Å². The third kappa shape index (κ3) is 3.21. The van der Waals surface area contributed by atoms with Gasteiger partial charge in [-0.1, -0.05) is 20.8 Å². The van der Waals surface area contributed by atoms with Crippen LogP contribution < -0.4 is 11.1 Å². The first kappa shape index (κ1) is 10.9. The Kier molecular flexibility index (Phi) is 6.57. The molecule has 1 rings (SSSR count). The van der Waals surface area contributed by atoms with E-state index >= 15 is 0 Å². The molecule has 2 heteroatoms. The summed E-state index contributed by atoms with van der Waals surface area (Å²) in [4.78, 5) is 0. The molecule has 11 heavy (non-hydrogen) atoms. The van der Waals surface area contributed by atoms with E-state index in [1.165, 1.54) is 19.4 Å². The SMILES string of the molecule is CC.CCC1NCCC1CN. The molecule has 2 nitrogen and oxygen atoms in total. The van der Waals surface area contributed by atoms with Crippen molar-refractivity contribution in [2.45, 2.75) is 39.7 Å². The number of nitrogens with two attached hydrogens (primary N) is 1. The van der Waals surface area contributed by atoms with Crippen LogP contribution in [0.25, 0.3) is 0 Å². The average molecular weight is 158 g/mol. The van der Waals surface area contributed by atoms with Gasteiger partial charge in [0.15, 0.2) is 0 Å². The molecule has 0 aromatic heterocycles. The first-order chi connectivity index (χ1) is 5.38. The lowest BCUT2D eigenvalue weighted by molar-refractivity contribution is 0.445. The number of hydrogen-bond acceptors (Lipinski definition) is 2. The Morgan fingerprint density at radius 1 is 1.45 bits per heavy atom. The van der Waals surface area contributed by atoms with Crippen molar-refractivity contribution in [1.82, 2.24) is 5.32 Å². The van der Waals surface area contributed by atoms with Crippen LogP contribution in [0.1, 0.15) is 33.6 Å². The second kappa shape index (κ2) is 6.62. The zero-order chi connectivity index (χ0) is 8.69. The van der Waals surface area contributed by atoms with Crippen molar-refractivity contribution in [3.63, 3.8) is 0 Å². The first-order valence-electron chi connectivity index (χ1n) is 4.82. The van der Waals surface area contributed by atoms with Crippen LogP contribution in [0.5, 0.6) is 0 Å². The van der Waals surface area contributed by atoms with Crippen molar-refractivity contribution in [3.8, 4) is 0 Å². The molecule has 0 aromatic carbocycles. The summed E-state index contributed by atoms with van der Waals surface area (Å²) in [6.45, 7) is 8.23. The van der Waals surface area contributed by atoms with Crippen LogP contribution >= 0.6 is 0 Å². The summed E-state index contributed by atoms with van der Waals surface area (Å²) in [5.74, 6) is 0.745. The van der Waals surface area contributed by atoms with Gasteiger partial charge in [-0.2, -0.15) is 0 Å². The standard InChI is InChI=1S/C7H16N2.C2H6/c1-2-7-6(5-8)3-4-9-7;1-2/h6-7,9H,2-5,8H2,1H3;1-2H3. The Balaban J connectivity index is 0.000000461. The summed E-state index contributed by atoms with van der Waals surface area (Å²) in [7, 11) is 0. The minimum absolute atomic E-state index is 0.704. The van der Waals surface area contributed by atoms with E-state index in [1.54, 1.807) is 0 Å². The van der Waals surface area contributed by atoms with Crippen molar-refractivity contribution in [1.29, 1.82) is 0 Å². The van der Waals surface area contributed by atoms with E-state index in [0.29, 0.717) is 6.04 Å². The quantitative estimate of drug-likeness (QED) is 0.637. The van der Waals surface area contributed by atoms with Crippen LogP contribution in [0.2, 0.25) is 0 Å². The fourth-order valence-corrected chi connectivity index (χ4v) is 1.58. The third-order valence-electron chi connectivity index (χ3n) is 2.23. The molecular weight excluding hydrogens is 136 g/mol. The lowest BCUT2D eigenvalue weighted by Gasteiger charge is -2.14. The summed E-state index contributed by atoms with van der Waals surface area (Å²) in [6, 6.07) is 0.704. The molecule has 0 spiro atoms. The van der Waals surface area contributed by atoms with Crippen molar-refractivity contribution in [2.24, 2.45) is 11.7 Å². The van der Waals surface area contributed by atoms with Crippen molar-refractivity contribution >= 4 is 0 Å². The summed E-state index contributed by atoms with van der Waals surface area (Å²) < 4.78 is 0. The Labute approximate surface area is 70.5 Å². The Morgan fingerprint density at radius 2 is 2.09 bits per heavy atom. The Bertz CT molecular complexity index is 73.6. The normalized spacial score (nSPS) is 29.5. The molecule has 0 aromatic rings. The largest absolute Gasteiger partial charge is 0.330 e. The fraction of sp³-hybridized carbons (Fsp3) is 1.00. The van der Waals surface area contributed by atoms with Gasteiger partial charge in [-0.25, -0.2) is 0 Å². The van der Waals surface area contributed by atoms with Crippen molar-refractivity contribution in [2.75, 3.05) is 13.1 Å². The fourth-order valence-electron chi connectivity index (χ4n) is 1.58. The van der Waals surface area contributed by atoms with Gasteiger partial charge in [0.2, 0.25) is 0 Å². The van der Waals surface area contributed by atoms with Gasteiger partial charge in [-0.15, -0.1) is 0 Å². The molecule has 2 atom stereocenters. The maximum atomic E-state index is 5.56. The second-order valence-corrected chi connectivity index (χ2v) is 2.75. The van der Waals surface area contributed by atoms with Crippen LogP contribution in [0.4, 0.5) is 0 Å². The smallest absolute Gasteiger partial charge is 0.0105 e. The third-order valence-corrected chi connectivity index (χ3v) is 2.23. The summed E-state index contributed by atoms with van der Waals surface area (Å²) in [5, 5.41) is 3.43. The molecule has 1 saturated heterocycles. The van der Waals surface area contributed by atoms with Gasteiger partial charge in [-0.3, -0.25) is 0 Å². The van der Waals surface area contributed by atoms with Gasteiger partial charge in [-0.05, 0) is 31.8 Å². The zero-order valence-electron chi connectivity index (χ0n) is 8.06. The van der Waals surface area contributed by atoms with Gasteiger partial charge in [0.1, 0.15) is 0 Å².